The summed E-state index contributed by atoms with van der Waals surface area (Å²) in [4.78, 5) is 11.8. The first-order chi connectivity index (χ1) is 11.4. The number of rotatable bonds is 7. The van der Waals surface area contributed by atoms with Gasteiger partial charge in [-0.1, -0.05) is 35.3 Å². The molecule has 0 aliphatic rings. The molecule has 0 radical (unpaired) electrons. The van der Waals surface area contributed by atoms with Crippen LogP contribution in [-0.4, -0.2) is 27.4 Å². The zero-order valence-corrected chi connectivity index (χ0v) is 15.0. The fourth-order valence-electron chi connectivity index (χ4n) is 1.92. The van der Waals surface area contributed by atoms with Crippen molar-refractivity contribution < 1.29 is 13.2 Å². The van der Waals surface area contributed by atoms with E-state index < -0.39 is 15.9 Å². The third kappa shape index (κ3) is 5.79. The molecule has 128 valence electrons. The largest absolute Gasteiger partial charge is 0.355 e. The summed E-state index contributed by atoms with van der Waals surface area (Å²) >= 11 is 11.5. The molecule has 0 aromatic heterocycles. The summed E-state index contributed by atoms with van der Waals surface area (Å²) in [6, 6.07) is 13.0. The van der Waals surface area contributed by atoms with Gasteiger partial charge in [-0.25, -0.2) is 13.1 Å². The number of carbonyl (C=O) groups excluding carboxylic acids is 1. The highest BCUT2D eigenvalue weighted by atomic mass is 35.5. The zero-order chi connectivity index (χ0) is 17.6. The van der Waals surface area contributed by atoms with Crippen LogP contribution < -0.4 is 10.0 Å². The summed E-state index contributed by atoms with van der Waals surface area (Å²) < 4.78 is 26.3. The highest BCUT2D eigenvalue weighted by Crippen LogP contribution is 2.13. The Morgan fingerprint density at radius 3 is 2.04 bits per heavy atom. The summed E-state index contributed by atoms with van der Waals surface area (Å²) in [5.74, 6) is -0.401. The van der Waals surface area contributed by atoms with Gasteiger partial charge in [0.2, 0.25) is 15.9 Å². The van der Waals surface area contributed by atoms with E-state index in [1.165, 1.54) is 24.3 Å². The van der Waals surface area contributed by atoms with Crippen LogP contribution in [0, 0.1) is 0 Å². The first-order valence-electron chi connectivity index (χ1n) is 7.13. The van der Waals surface area contributed by atoms with Crippen molar-refractivity contribution >= 4 is 39.1 Å². The average molecular weight is 387 g/mol. The Balaban J connectivity index is 1.78. The van der Waals surface area contributed by atoms with Crippen LogP contribution in [-0.2, 0) is 21.2 Å². The van der Waals surface area contributed by atoms with Crippen molar-refractivity contribution in [2.75, 3.05) is 13.1 Å². The van der Waals surface area contributed by atoms with Crippen molar-refractivity contribution in [2.45, 2.75) is 11.3 Å². The van der Waals surface area contributed by atoms with Gasteiger partial charge in [-0.05, 0) is 48.4 Å². The molecular weight excluding hydrogens is 371 g/mol. The lowest BCUT2D eigenvalue weighted by Crippen LogP contribution is -2.37. The molecule has 2 rings (SSSR count). The number of halogens is 2. The molecule has 0 spiro atoms. The minimum absolute atomic E-state index is 0.0564. The molecule has 24 heavy (non-hydrogen) atoms. The van der Waals surface area contributed by atoms with Crippen molar-refractivity contribution in [1.29, 1.82) is 0 Å². The van der Waals surface area contributed by atoms with E-state index in [4.69, 9.17) is 23.2 Å². The Morgan fingerprint density at radius 1 is 0.917 bits per heavy atom. The first-order valence-corrected chi connectivity index (χ1v) is 9.37. The van der Waals surface area contributed by atoms with Gasteiger partial charge in [0, 0.05) is 16.6 Å². The van der Waals surface area contributed by atoms with Crippen LogP contribution in [0.5, 0.6) is 0 Å². The quantitative estimate of drug-likeness (QED) is 0.767. The number of hydrogen-bond donors (Lipinski definition) is 2. The van der Waals surface area contributed by atoms with Crippen LogP contribution in [0.4, 0.5) is 0 Å². The van der Waals surface area contributed by atoms with Gasteiger partial charge < -0.3 is 5.32 Å². The SMILES string of the molecule is O=C(CNS(=O)(=O)c1ccc(Cl)cc1)NCCc1ccc(Cl)cc1. The molecule has 5 nitrogen and oxygen atoms in total. The van der Waals surface area contributed by atoms with Crippen molar-refractivity contribution in [1.82, 2.24) is 10.0 Å². The minimum atomic E-state index is -3.74. The molecule has 0 unspecified atom stereocenters. The smallest absolute Gasteiger partial charge is 0.241 e. The van der Waals surface area contributed by atoms with Crippen molar-refractivity contribution in [3.8, 4) is 0 Å². The van der Waals surface area contributed by atoms with Crippen LogP contribution in [0.3, 0.4) is 0 Å². The normalized spacial score (nSPS) is 11.2. The Morgan fingerprint density at radius 2 is 1.46 bits per heavy atom. The van der Waals surface area contributed by atoms with E-state index in [-0.39, 0.29) is 11.4 Å². The zero-order valence-electron chi connectivity index (χ0n) is 12.6. The van der Waals surface area contributed by atoms with Crippen LogP contribution >= 0.6 is 23.2 Å². The van der Waals surface area contributed by atoms with Gasteiger partial charge >= 0.3 is 0 Å². The lowest BCUT2D eigenvalue weighted by atomic mass is 10.1. The number of benzene rings is 2. The molecule has 0 aliphatic heterocycles. The lowest BCUT2D eigenvalue weighted by molar-refractivity contribution is -0.119. The van der Waals surface area contributed by atoms with Crippen LogP contribution in [0.1, 0.15) is 5.56 Å². The van der Waals surface area contributed by atoms with Crippen LogP contribution in [0.15, 0.2) is 53.4 Å². The monoisotopic (exact) mass is 386 g/mol. The van der Waals surface area contributed by atoms with Gasteiger partial charge in [-0.15, -0.1) is 0 Å². The summed E-state index contributed by atoms with van der Waals surface area (Å²) in [6.07, 6.45) is 0.632. The Bertz CT molecular complexity index is 791. The molecule has 0 saturated heterocycles. The van der Waals surface area contributed by atoms with Gasteiger partial charge in [0.1, 0.15) is 0 Å². The highest BCUT2D eigenvalue weighted by molar-refractivity contribution is 7.89. The lowest BCUT2D eigenvalue weighted by Gasteiger charge is -2.08. The van der Waals surface area contributed by atoms with Crippen molar-refractivity contribution in [3.63, 3.8) is 0 Å². The number of carbonyl (C=O) groups is 1. The molecule has 2 aromatic carbocycles. The maximum atomic E-state index is 12.0. The van der Waals surface area contributed by atoms with Crippen LogP contribution in [0.25, 0.3) is 0 Å². The maximum Gasteiger partial charge on any atom is 0.241 e. The second-order valence-electron chi connectivity index (χ2n) is 5.00. The van der Waals surface area contributed by atoms with E-state index >= 15 is 0 Å². The summed E-state index contributed by atoms with van der Waals surface area (Å²) in [5, 5.41) is 3.75. The third-order valence-electron chi connectivity index (χ3n) is 3.20. The first kappa shape index (κ1) is 18.7. The molecule has 0 atom stereocenters. The summed E-state index contributed by atoms with van der Waals surface area (Å²) in [5.41, 5.74) is 1.03. The van der Waals surface area contributed by atoms with Crippen molar-refractivity contribution in [2.24, 2.45) is 0 Å². The summed E-state index contributed by atoms with van der Waals surface area (Å²) in [6.45, 7) is 0.0781. The van der Waals surface area contributed by atoms with E-state index in [0.29, 0.717) is 23.0 Å². The second kappa shape index (κ2) is 8.48. The van der Waals surface area contributed by atoms with Crippen molar-refractivity contribution in [3.05, 3.63) is 64.1 Å². The Labute approximate surface area is 151 Å². The standard InChI is InChI=1S/C16H16Cl2N2O3S/c17-13-3-1-12(2-4-13)9-10-19-16(21)11-20-24(22,23)15-7-5-14(18)6-8-15/h1-8,20H,9-11H2,(H,19,21). The fraction of sp³-hybridized carbons (Fsp3) is 0.188. The summed E-state index contributed by atoms with van der Waals surface area (Å²) in [7, 11) is -3.74. The topological polar surface area (TPSA) is 75.3 Å². The van der Waals surface area contributed by atoms with E-state index in [9.17, 15) is 13.2 Å². The van der Waals surface area contributed by atoms with E-state index in [2.05, 4.69) is 10.0 Å². The number of nitrogens with one attached hydrogen (secondary N) is 2. The van der Waals surface area contributed by atoms with Gasteiger partial charge in [-0.3, -0.25) is 4.79 Å². The van der Waals surface area contributed by atoms with Gasteiger partial charge in [0.05, 0.1) is 11.4 Å². The maximum absolute atomic E-state index is 12.0. The Kier molecular flexibility index (Phi) is 6.62. The number of amides is 1. The molecule has 2 aromatic rings. The van der Waals surface area contributed by atoms with Gasteiger partial charge in [0.25, 0.3) is 0 Å². The van der Waals surface area contributed by atoms with E-state index in [1.807, 2.05) is 12.1 Å². The second-order valence-corrected chi connectivity index (χ2v) is 7.64. The predicted molar refractivity (Wildman–Crippen MR) is 94.8 cm³/mol. The molecule has 0 saturated carbocycles. The van der Waals surface area contributed by atoms with E-state index in [1.54, 1.807) is 12.1 Å². The van der Waals surface area contributed by atoms with Crippen LogP contribution in [0.2, 0.25) is 10.0 Å². The van der Waals surface area contributed by atoms with Gasteiger partial charge in [-0.2, -0.15) is 0 Å². The van der Waals surface area contributed by atoms with E-state index in [0.717, 1.165) is 5.56 Å². The average Bonchev–Trinajstić information content (AvgIpc) is 2.55. The minimum Gasteiger partial charge on any atom is -0.355 e. The molecule has 2 N–H and O–H groups in total. The third-order valence-corrected chi connectivity index (χ3v) is 5.12. The molecule has 0 aliphatic carbocycles. The molecule has 0 heterocycles. The molecule has 1 amide bonds. The highest BCUT2D eigenvalue weighted by Gasteiger charge is 2.15. The van der Waals surface area contributed by atoms with Gasteiger partial charge in [0.15, 0.2) is 0 Å². The molecule has 0 bridgehead atoms. The molecule has 8 heteroatoms. The number of hydrogen-bond acceptors (Lipinski definition) is 3. The molecule has 0 fully saturated rings. The number of sulfonamides is 1. The predicted octanol–water partition coefficient (Wildman–Crippen LogP) is 2.63. The fourth-order valence-corrected chi connectivity index (χ4v) is 3.15. The molecular formula is C16H16Cl2N2O3S. The Hall–Kier alpha value is -1.60.